The minimum absolute atomic E-state index is 0.194. The molecule has 1 atom stereocenters. The molecule has 0 aliphatic carbocycles. The highest BCUT2D eigenvalue weighted by atomic mass is 19.4. The fraction of sp³-hybridized carbons (Fsp3) is 0.714. The number of halogens is 3. The summed E-state index contributed by atoms with van der Waals surface area (Å²) in [6.45, 7) is 4.87. The van der Waals surface area contributed by atoms with Gasteiger partial charge in [-0.05, 0) is 33.6 Å². The summed E-state index contributed by atoms with van der Waals surface area (Å²) in [4.78, 5) is 13.4. The van der Waals surface area contributed by atoms with Gasteiger partial charge < -0.3 is 15.0 Å². The maximum Gasteiger partial charge on any atom is 0.413 e. The third-order valence-electron chi connectivity index (χ3n) is 3.60. The number of piperidine rings is 1. The van der Waals surface area contributed by atoms with Gasteiger partial charge in [0.05, 0.1) is 12.7 Å². The van der Waals surface area contributed by atoms with Gasteiger partial charge in [0.15, 0.2) is 5.54 Å². The molecule has 0 bridgehead atoms. The Balaban J connectivity index is 2.21. The van der Waals surface area contributed by atoms with Gasteiger partial charge in [-0.25, -0.2) is 4.79 Å². The Labute approximate surface area is 132 Å². The van der Waals surface area contributed by atoms with E-state index in [0.717, 1.165) is 0 Å². The third-order valence-corrected chi connectivity index (χ3v) is 3.60. The third kappa shape index (κ3) is 4.08. The Bertz CT molecular complexity index is 539. The number of nitrogens with one attached hydrogen (secondary N) is 2. The van der Waals surface area contributed by atoms with Crippen LogP contribution in [0.3, 0.4) is 0 Å². The lowest BCUT2D eigenvalue weighted by molar-refractivity contribution is -0.197. The summed E-state index contributed by atoms with van der Waals surface area (Å²) < 4.78 is 46.0. The quantitative estimate of drug-likeness (QED) is 0.872. The Hall–Kier alpha value is -1.93. The highest BCUT2D eigenvalue weighted by Crippen LogP contribution is 2.38. The molecule has 1 aliphatic rings. The topological polar surface area (TPSA) is 70.2 Å². The fourth-order valence-corrected chi connectivity index (χ4v) is 2.59. The van der Waals surface area contributed by atoms with E-state index in [-0.39, 0.29) is 12.8 Å². The van der Waals surface area contributed by atoms with Crippen molar-refractivity contribution in [1.82, 2.24) is 15.5 Å². The van der Waals surface area contributed by atoms with Gasteiger partial charge in [-0.15, -0.1) is 0 Å². The fourth-order valence-electron chi connectivity index (χ4n) is 2.59. The predicted molar refractivity (Wildman–Crippen MR) is 78.2 cm³/mol. The Morgan fingerprint density at radius 2 is 2.13 bits per heavy atom. The Morgan fingerprint density at radius 3 is 2.65 bits per heavy atom. The van der Waals surface area contributed by atoms with E-state index in [1.807, 2.05) is 0 Å². The zero-order valence-electron chi connectivity index (χ0n) is 13.3. The molecule has 23 heavy (non-hydrogen) atoms. The summed E-state index contributed by atoms with van der Waals surface area (Å²) in [5.41, 5.74) is -3.21. The largest absolute Gasteiger partial charge is 0.444 e. The summed E-state index contributed by atoms with van der Waals surface area (Å²) in [7, 11) is 0. The van der Waals surface area contributed by atoms with Crippen molar-refractivity contribution in [2.75, 3.05) is 18.0 Å². The minimum atomic E-state index is -4.59. The number of amides is 1. The highest BCUT2D eigenvalue weighted by Gasteiger charge is 2.58. The summed E-state index contributed by atoms with van der Waals surface area (Å²) in [5.74, 6) is 0.490. The summed E-state index contributed by atoms with van der Waals surface area (Å²) in [6.07, 6.45) is -4.10. The Morgan fingerprint density at radius 1 is 1.43 bits per heavy atom. The molecule has 1 amide bonds. The first-order valence-electron chi connectivity index (χ1n) is 7.35. The monoisotopic (exact) mass is 334 g/mol. The van der Waals surface area contributed by atoms with Gasteiger partial charge in [0.25, 0.3) is 0 Å². The number of ether oxygens (including phenoxy) is 1. The second-order valence-corrected chi connectivity index (χ2v) is 6.67. The average Bonchev–Trinajstić information content (AvgIpc) is 2.88. The van der Waals surface area contributed by atoms with E-state index >= 15 is 0 Å². The number of alkyl carbamates (subject to hydrolysis) is 1. The van der Waals surface area contributed by atoms with Crippen LogP contribution in [0.2, 0.25) is 0 Å². The molecular formula is C14H21F3N4O2. The van der Waals surface area contributed by atoms with Crippen LogP contribution in [-0.4, -0.2) is 46.7 Å². The first-order chi connectivity index (χ1) is 10.5. The molecule has 130 valence electrons. The van der Waals surface area contributed by atoms with E-state index in [1.165, 1.54) is 11.1 Å². The SMILES string of the molecule is CC(C)(C)OC(=O)N[C@]1(C(F)(F)F)CCCN(c2ccn[nH]2)C1. The van der Waals surface area contributed by atoms with E-state index in [4.69, 9.17) is 4.74 Å². The van der Waals surface area contributed by atoms with Crippen LogP contribution in [0.15, 0.2) is 12.3 Å². The van der Waals surface area contributed by atoms with Crippen molar-refractivity contribution >= 4 is 11.9 Å². The molecular weight excluding hydrogens is 313 g/mol. The first-order valence-corrected chi connectivity index (χ1v) is 7.35. The van der Waals surface area contributed by atoms with Crippen molar-refractivity contribution in [2.45, 2.75) is 50.9 Å². The summed E-state index contributed by atoms with van der Waals surface area (Å²) in [6, 6.07) is 1.60. The number of H-pyrrole nitrogens is 1. The van der Waals surface area contributed by atoms with Gasteiger partial charge in [0.1, 0.15) is 11.4 Å². The van der Waals surface area contributed by atoms with Crippen LogP contribution in [0.25, 0.3) is 0 Å². The molecule has 1 fully saturated rings. The molecule has 9 heteroatoms. The lowest BCUT2D eigenvalue weighted by atomic mass is 9.88. The second-order valence-electron chi connectivity index (χ2n) is 6.67. The van der Waals surface area contributed by atoms with Crippen molar-refractivity contribution in [3.8, 4) is 0 Å². The van der Waals surface area contributed by atoms with Crippen LogP contribution in [0.4, 0.5) is 23.8 Å². The van der Waals surface area contributed by atoms with Gasteiger partial charge in [-0.2, -0.15) is 18.3 Å². The van der Waals surface area contributed by atoms with E-state index < -0.39 is 30.0 Å². The molecule has 2 heterocycles. The number of anilines is 1. The number of hydrogen-bond donors (Lipinski definition) is 2. The Kier molecular flexibility index (Phi) is 4.50. The van der Waals surface area contributed by atoms with E-state index in [2.05, 4.69) is 15.5 Å². The molecule has 1 aromatic heterocycles. The van der Waals surface area contributed by atoms with Crippen molar-refractivity contribution in [2.24, 2.45) is 0 Å². The number of alkyl halides is 3. The number of carbonyl (C=O) groups excluding carboxylic acids is 1. The zero-order chi connectivity index (χ0) is 17.3. The maximum absolute atomic E-state index is 13.7. The van der Waals surface area contributed by atoms with E-state index in [1.54, 1.807) is 26.8 Å². The van der Waals surface area contributed by atoms with Crippen molar-refractivity contribution in [3.05, 3.63) is 12.3 Å². The molecule has 0 unspecified atom stereocenters. The number of nitrogens with zero attached hydrogens (tertiary/aromatic N) is 2. The van der Waals surface area contributed by atoms with E-state index in [0.29, 0.717) is 12.4 Å². The van der Waals surface area contributed by atoms with Gasteiger partial charge in [-0.1, -0.05) is 0 Å². The minimum Gasteiger partial charge on any atom is -0.444 e. The number of hydrogen-bond acceptors (Lipinski definition) is 4. The van der Waals surface area contributed by atoms with Crippen LogP contribution >= 0.6 is 0 Å². The molecule has 1 aromatic rings. The normalized spacial score (nSPS) is 22.8. The standard InChI is InChI=1S/C14H21F3N4O2/c1-12(2,3)23-11(22)19-13(14(15,16)17)6-4-8-21(9-13)10-5-7-18-20-10/h5,7H,4,6,8-9H2,1-3H3,(H,18,20)(H,19,22)/t13-/m1/s1. The molecule has 2 rings (SSSR count). The van der Waals surface area contributed by atoms with Crippen LogP contribution < -0.4 is 10.2 Å². The zero-order valence-corrected chi connectivity index (χ0v) is 13.3. The second kappa shape index (κ2) is 5.93. The number of aromatic amines is 1. The van der Waals surface area contributed by atoms with E-state index in [9.17, 15) is 18.0 Å². The summed E-state index contributed by atoms with van der Waals surface area (Å²) in [5, 5.41) is 8.47. The predicted octanol–water partition coefficient (Wildman–Crippen LogP) is 2.84. The van der Waals surface area contributed by atoms with Gasteiger partial charge in [0, 0.05) is 12.6 Å². The van der Waals surface area contributed by atoms with Gasteiger partial charge >= 0.3 is 12.3 Å². The van der Waals surface area contributed by atoms with Crippen LogP contribution in [-0.2, 0) is 4.74 Å². The average molecular weight is 334 g/mol. The van der Waals surface area contributed by atoms with Crippen molar-refractivity contribution in [3.63, 3.8) is 0 Å². The number of aromatic nitrogens is 2. The van der Waals surface area contributed by atoms with Gasteiger partial charge in [0.2, 0.25) is 0 Å². The van der Waals surface area contributed by atoms with Crippen LogP contribution in [0.1, 0.15) is 33.6 Å². The van der Waals surface area contributed by atoms with Crippen LogP contribution in [0, 0.1) is 0 Å². The summed E-state index contributed by atoms with van der Waals surface area (Å²) >= 11 is 0. The van der Waals surface area contributed by atoms with Crippen molar-refractivity contribution in [1.29, 1.82) is 0 Å². The first kappa shape index (κ1) is 17.4. The molecule has 1 saturated heterocycles. The smallest absolute Gasteiger partial charge is 0.413 e. The van der Waals surface area contributed by atoms with Crippen LogP contribution in [0.5, 0.6) is 0 Å². The molecule has 0 saturated carbocycles. The molecule has 2 N–H and O–H groups in total. The molecule has 0 radical (unpaired) electrons. The maximum atomic E-state index is 13.7. The van der Waals surface area contributed by atoms with Gasteiger partial charge in [-0.3, -0.25) is 5.10 Å². The molecule has 0 spiro atoms. The van der Waals surface area contributed by atoms with Crippen molar-refractivity contribution < 1.29 is 22.7 Å². The molecule has 1 aliphatic heterocycles. The molecule has 6 nitrogen and oxygen atoms in total. The highest BCUT2D eigenvalue weighted by molar-refractivity contribution is 5.69. The lowest BCUT2D eigenvalue weighted by Crippen LogP contribution is -2.67. The number of carbonyl (C=O) groups is 1. The molecule has 0 aromatic carbocycles. The lowest BCUT2D eigenvalue weighted by Gasteiger charge is -2.44. The number of rotatable bonds is 2.